The predicted octanol–water partition coefficient (Wildman–Crippen LogP) is 2.61. The summed E-state index contributed by atoms with van der Waals surface area (Å²) in [5.74, 6) is 0. The average Bonchev–Trinajstić information content (AvgIpc) is 2.97. The number of anilines is 1. The lowest BCUT2D eigenvalue weighted by Gasteiger charge is -2.37. The summed E-state index contributed by atoms with van der Waals surface area (Å²) in [4.78, 5) is 12.8. The van der Waals surface area contributed by atoms with Gasteiger partial charge in [-0.1, -0.05) is 17.4 Å². The van der Waals surface area contributed by atoms with E-state index in [1.165, 1.54) is 6.07 Å². The SMILES string of the molecule is CCN1C=C(C#N)CC2N=NN(c3ccccc3[N+](=O)[O-])C21. The van der Waals surface area contributed by atoms with E-state index in [2.05, 4.69) is 16.4 Å². The zero-order valence-electron chi connectivity index (χ0n) is 12.0. The second kappa shape index (κ2) is 5.44. The molecule has 0 fully saturated rings. The summed E-state index contributed by atoms with van der Waals surface area (Å²) >= 11 is 0. The van der Waals surface area contributed by atoms with E-state index in [4.69, 9.17) is 5.26 Å². The van der Waals surface area contributed by atoms with E-state index in [1.54, 1.807) is 29.4 Å². The van der Waals surface area contributed by atoms with Gasteiger partial charge in [0, 0.05) is 30.8 Å². The lowest BCUT2D eigenvalue weighted by Crippen LogP contribution is -2.49. The number of fused-ring (bicyclic) bond motifs is 1. The maximum atomic E-state index is 11.2. The van der Waals surface area contributed by atoms with Crippen LogP contribution in [0.2, 0.25) is 0 Å². The first-order chi connectivity index (χ1) is 10.7. The third kappa shape index (κ3) is 2.16. The van der Waals surface area contributed by atoms with Crippen LogP contribution in [0.3, 0.4) is 0 Å². The largest absolute Gasteiger partial charge is 0.353 e. The van der Waals surface area contributed by atoms with E-state index in [0.29, 0.717) is 24.2 Å². The van der Waals surface area contributed by atoms with Crippen LogP contribution in [0.25, 0.3) is 0 Å². The fourth-order valence-corrected chi connectivity index (χ4v) is 2.82. The van der Waals surface area contributed by atoms with Crippen molar-refractivity contribution in [1.82, 2.24) is 4.90 Å². The molecule has 8 nitrogen and oxygen atoms in total. The Labute approximate surface area is 127 Å². The van der Waals surface area contributed by atoms with Crippen molar-refractivity contribution in [2.45, 2.75) is 25.6 Å². The summed E-state index contributed by atoms with van der Waals surface area (Å²) in [5.41, 5.74) is 1.05. The molecule has 0 amide bonds. The molecule has 0 saturated heterocycles. The number of hydrogen-bond acceptors (Lipinski definition) is 7. The van der Waals surface area contributed by atoms with Crippen LogP contribution in [0, 0.1) is 21.4 Å². The van der Waals surface area contributed by atoms with Gasteiger partial charge in [0.2, 0.25) is 0 Å². The molecule has 0 radical (unpaired) electrons. The van der Waals surface area contributed by atoms with Crippen LogP contribution >= 0.6 is 0 Å². The predicted molar refractivity (Wildman–Crippen MR) is 78.7 cm³/mol. The number of nitrogens with zero attached hydrogens (tertiary/aromatic N) is 6. The Kier molecular flexibility index (Phi) is 3.47. The number of rotatable bonds is 3. The van der Waals surface area contributed by atoms with Gasteiger partial charge in [-0.25, -0.2) is 5.01 Å². The summed E-state index contributed by atoms with van der Waals surface area (Å²) < 4.78 is 0. The Morgan fingerprint density at radius 2 is 2.27 bits per heavy atom. The molecule has 0 N–H and O–H groups in total. The molecule has 0 aliphatic carbocycles. The van der Waals surface area contributed by atoms with Gasteiger partial charge < -0.3 is 4.90 Å². The Morgan fingerprint density at radius 3 is 2.95 bits per heavy atom. The molecule has 2 aliphatic heterocycles. The van der Waals surface area contributed by atoms with E-state index < -0.39 is 4.92 Å². The first kappa shape index (κ1) is 14.0. The van der Waals surface area contributed by atoms with E-state index in [9.17, 15) is 10.1 Å². The highest BCUT2D eigenvalue weighted by atomic mass is 16.6. The van der Waals surface area contributed by atoms with Gasteiger partial charge in [-0.15, -0.1) is 0 Å². The quantitative estimate of drug-likeness (QED) is 0.631. The monoisotopic (exact) mass is 298 g/mol. The molecular formula is C14H14N6O2. The minimum absolute atomic E-state index is 0.00628. The molecule has 2 unspecified atom stereocenters. The molecule has 2 aliphatic rings. The van der Waals surface area contributed by atoms with Crippen molar-refractivity contribution in [3.8, 4) is 6.07 Å². The van der Waals surface area contributed by atoms with Gasteiger partial charge in [0.15, 0.2) is 0 Å². The molecule has 1 aromatic carbocycles. The number of para-hydroxylation sites is 2. The topological polar surface area (TPSA) is 98.1 Å². The molecule has 0 spiro atoms. The lowest BCUT2D eigenvalue weighted by atomic mass is 10.0. The minimum atomic E-state index is -0.423. The third-order valence-corrected chi connectivity index (χ3v) is 3.82. The molecule has 112 valence electrons. The van der Waals surface area contributed by atoms with Crippen molar-refractivity contribution in [1.29, 1.82) is 5.26 Å². The fourth-order valence-electron chi connectivity index (χ4n) is 2.82. The second-order valence-corrected chi connectivity index (χ2v) is 5.08. The highest BCUT2D eigenvalue weighted by molar-refractivity contribution is 5.63. The Bertz CT molecular complexity index is 708. The summed E-state index contributed by atoms with van der Waals surface area (Å²) in [6.45, 7) is 2.62. The molecule has 0 aromatic heterocycles. The van der Waals surface area contributed by atoms with Gasteiger partial charge in [-0.2, -0.15) is 10.4 Å². The van der Waals surface area contributed by atoms with Gasteiger partial charge >= 0.3 is 0 Å². The molecule has 0 bridgehead atoms. The van der Waals surface area contributed by atoms with Crippen LogP contribution < -0.4 is 5.01 Å². The standard InChI is InChI=1S/C14H14N6O2/c1-2-18-9-10(8-15)7-11-14(18)19(17-16-11)12-5-3-4-6-13(12)20(21)22/h3-6,9,11,14H,2,7H2,1H3. The highest BCUT2D eigenvalue weighted by Gasteiger charge is 2.42. The molecule has 0 saturated carbocycles. The van der Waals surface area contributed by atoms with Crippen molar-refractivity contribution in [3.05, 3.63) is 46.2 Å². The lowest BCUT2D eigenvalue weighted by molar-refractivity contribution is -0.384. The number of nitriles is 1. The zero-order chi connectivity index (χ0) is 15.7. The first-order valence-corrected chi connectivity index (χ1v) is 6.95. The molecule has 2 heterocycles. The summed E-state index contributed by atoms with van der Waals surface area (Å²) in [5, 5.41) is 30.2. The molecular weight excluding hydrogens is 284 g/mol. The Hall–Kier alpha value is -2.95. The van der Waals surface area contributed by atoms with Crippen molar-refractivity contribution >= 4 is 11.4 Å². The van der Waals surface area contributed by atoms with Crippen molar-refractivity contribution in [2.24, 2.45) is 10.3 Å². The van der Waals surface area contributed by atoms with E-state index in [1.807, 2.05) is 11.8 Å². The first-order valence-electron chi connectivity index (χ1n) is 6.95. The van der Waals surface area contributed by atoms with Crippen LogP contribution in [-0.4, -0.2) is 28.6 Å². The minimum Gasteiger partial charge on any atom is -0.353 e. The maximum Gasteiger partial charge on any atom is 0.294 e. The van der Waals surface area contributed by atoms with Crippen LogP contribution in [0.1, 0.15) is 13.3 Å². The van der Waals surface area contributed by atoms with E-state index >= 15 is 0 Å². The van der Waals surface area contributed by atoms with Crippen molar-refractivity contribution in [2.75, 3.05) is 11.6 Å². The number of benzene rings is 1. The normalized spacial score (nSPS) is 23.0. The second-order valence-electron chi connectivity index (χ2n) is 5.08. The van der Waals surface area contributed by atoms with Crippen LogP contribution in [-0.2, 0) is 0 Å². The molecule has 8 heteroatoms. The smallest absolute Gasteiger partial charge is 0.294 e. The van der Waals surface area contributed by atoms with Crippen molar-refractivity contribution < 1.29 is 4.92 Å². The summed E-state index contributed by atoms with van der Waals surface area (Å²) in [7, 11) is 0. The number of nitro groups is 1. The molecule has 3 rings (SSSR count). The fraction of sp³-hybridized carbons (Fsp3) is 0.357. The maximum absolute atomic E-state index is 11.2. The average molecular weight is 298 g/mol. The number of nitro benzene ring substituents is 1. The molecule has 22 heavy (non-hydrogen) atoms. The number of hydrogen-bond donors (Lipinski definition) is 0. The van der Waals surface area contributed by atoms with Gasteiger partial charge in [0.25, 0.3) is 5.69 Å². The van der Waals surface area contributed by atoms with Crippen molar-refractivity contribution in [3.63, 3.8) is 0 Å². The van der Waals surface area contributed by atoms with Crippen LogP contribution in [0.15, 0.2) is 46.4 Å². The number of likely N-dealkylation sites (N-methyl/N-ethyl adjacent to an activating group) is 1. The molecule has 1 aromatic rings. The van der Waals surface area contributed by atoms with Crippen LogP contribution in [0.4, 0.5) is 11.4 Å². The highest BCUT2D eigenvalue weighted by Crippen LogP contribution is 2.38. The van der Waals surface area contributed by atoms with Gasteiger partial charge in [0.1, 0.15) is 17.9 Å². The summed E-state index contributed by atoms with van der Waals surface area (Å²) in [6, 6.07) is 8.44. The summed E-state index contributed by atoms with van der Waals surface area (Å²) in [6.07, 6.45) is 2.06. The van der Waals surface area contributed by atoms with E-state index in [-0.39, 0.29) is 17.9 Å². The van der Waals surface area contributed by atoms with Crippen LogP contribution in [0.5, 0.6) is 0 Å². The van der Waals surface area contributed by atoms with Gasteiger partial charge in [-0.3, -0.25) is 10.1 Å². The molecule has 2 atom stereocenters. The van der Waals surface area contributed by atoms with E-state index in [0.717, 1.165) is 0 Å². The Balaban J connectivity index is 2.01. The third-order valence-electron chi connectivity index (χ3n) is 3.82. The zero-order valence-corrected chi connectivity index (χ0v) is 12.0. The van der Waals surface area contributed by atoms with Gasteiger partial charge in [0.05, 0.1) is 11.0 Å². The Morgan fingerprint density at radius 1 is 1.50 bits per heavy atom. The van der Waals surface area contributed by atoms with Gasteiger partial charge in [-0.05, 0) is 13.0 Å².